The highest BCUT2D eigenvalue weighted by atomic mass is 79.9. The van der Waals surface area contributed by atoms with Gasteiger partial charge in [0.15, 0.2) is 5.82 Å². The molecule has 4 aromatic rings. The maximum atomic E-state index is 15.5. The molecule has 0 saturated carbocycles. The van der Waals surface area contributed by atoms with E-state index in [9.17, 15) is 9.59 Å². The Morgan fingerprint density at radius 2 is 1.76 bits per heavy atom. The highest BCUT2D eigenvalue weighted by molar-refractivity contribution is 9.10. The van der Waals surface area contributed by atoms with Gasteiger partial charge >= 0.3 is 12.2 Å². The third kappa shape index (κ3) is 7.30. The first-order valence-electron chi connectivity index (χ1n) is 14.7. The zero-order valence-electron chi connectivity index (χ0n) is 26.3. The lowest BCUT2D eigenvalue weighted by Crippen LogP contribution is -2.44. The Labute approximate surface area is 274 Å². The Bertz CT molecular complexity index is 1800. The highest BCUT2D eigenvalue weighted by Crippen LogP contribution is 2.37. The van der Waals surface area contributed by atoms with E-state index in [1.165, 1.54) is 24.0 Å². The van der Waals surface area contributed by atoms with E-state index in [-0.39, 0.29) is 27.6 Å². The lowest BCUT2D eigenvalue weighted by atomic mass is 9.92. The zero-order chi connectivity index (χ0) is 32.8. The topological polar surface area (TPSA) is 99.4 Å². The summed E-state index contributed by atoms with van der Waals surface area (Å²) in [5.41, 5.74) is 1.32. The smallest absolute Gasteiger partial charge is 0.425 e. The van der Waals surface area contributed by atoms with Crippen LogP contribution in [0.4, 0.5) is 19.8 Å². The van der Waals surface area contributed by atoms with Gasteiger partial charge in [0.25, 0.3) is 0 Å². The van der Waals surface area contributed by atoms with Crippen LogP contribution in [0.25, 0.3) is 21.9 Å². The van der Waals surface area contributed by atoms with Crippen molar-refractivity contribution in [2.45, 2.75) is 85.0 Å². The minimum atomic E-state index is -0.957. The van der Waals surface area contributed by atoms with Crippen molar-refractivity contribution >= 4 is 67.5 Å². The monoisotopic (exact) mass is 699 g/mol. The summed E-state index contributed by atoms with van der Waals surface area (Å²) in [4.78, 5) is 40.3. The van der Waals surface area contributed by atoms with Crippen LogP contribution >= 0.6 is 27.5 Å². The molecule has 9 nitrogen and oxygen atoms in total. The van der Waals surface area contributed by atoms with Crippen molar-refractivity contribution < 1.29 is 23.5 Å². The minimum absolute atomic E-state index is 0.0557. The second-order valence-corrected chi connectivity index (χ2v) is 14.5. The number of nitrogens with zero attached hydrogens (tertiary/aromatic N) is 5. The second kappa shape index (κ2) is 12.3. The van der Waals surface area contributed by atoms with E-state index in [0.29, 0.717) is 17.1 Å². The number of hydrogen-bond donors (Lipinski definition) is 0. The van der Waals surface area contributed by atoms with Gasteiger partial charge in [0.05, 0.1) is 21.4 Å². The summed E-state index contributed by atoms with van der Waals surface area (Å²) in [6, 6.07) is 6.86. The van der Waals surface area contributed by atoms with E-state index in [2.05, 4.69) is 48.4 Å². The molecule has 3 aromatic heterocycles. The molecule has 5 rings (SSSR count). The third-order valence-electron chi connectivity index (χ3n) is 7.37. The molecule has 0 saturated heterocycles. The van der Waals surface area contributed by atoms with Crippen molar-refractivity contribution in [1.29, 1.82) is 0 Å². The molecule has 1 aliphatic rings. The molecule has 2 atom stereocenters. The zero-order valence-corrected chi connectivity index (χ0v) is 28.7. The predicted octanol–water partition coefficient (Wildman–Crippen LogP) is 9.35. The number of imide groups is 1. The number of pyridine rings is 1. The second-order valence-electron chi connectivity index (χ2n) is 13.3. The summed E-state index contributed by atoms with van der Waals surface area (Å²) >= 11 is 9.63. The van der Waals surface area contributed by atoms with Gasteiger partial charge in [-0.25, -0.2) is 28.9 Å². The molecule has 0 spiro atoms. The van der Waals surface area contributed by atoms with E-state index in [1.807, 2.05) is 12.3 Å². The lowest BCUT2D eigenvalue weighted by molar-refractivity contribution is 0.0429. The van der Waals surface area contributed by atoms with Gasteiger partial charge in [-0.15, -0.1) is 0 Å². The molecule has 0 radical (unpaired) electrons. The number of allylic oxidation sites excluding steroid dienone is 2. The molecule has 12 heteroatoms. The molecule has 0 aliphatic heterocycles. The fourth-order valence-corrected chi connectivity index (χ4v) is 6.13. The van der Waals surface area contributed by atoms with E-state index in [4.69, 9.17) is 21.1 Å². The summed E-state index contributed by atoms with van der Waals surface area (Å²) in [7, 11) is 0. The Morgan fingerprint density at radius 3 is 2.40 bits per heavy atom. The number of aromatic nitrogens is 4. The number of anilines is 1. The number of rotatable bonds is 5. The van der Waals surface area contributed by atoms with E-state index in [1.54, 1.807) is 47.6 Å². The van der Waals surface area contributed by atoms with Crippen LogP contribution in [-0.2, 0) is 15.9 Å². The first kappa shape index (κ1) is 32.8. The number of benzene rings is 1. The van der Waals surface area contributed by atoms with Crippen LogP contribution in [0.1, 0.15) is 72.9 Å². The summed E-state index contributed by atoms with van der Waals surface area (Å²) in [6.07, 6.45) is 6.18. The summed E-state index contributed by atoms with van der Waals surface area (Å²) in [6.45, 7) is 12.3. The summed E-state index contributed by atoms with van der Waals surface area (Å²) in [5.74, 6) is -0.383. The van der Waals surface area contributed by atoms with Crippen LogP contribution in [0.3, 0.4) is 0 Å². The number of carbonyl (C=O) groups is 2. The fourth-order valence-electron chi connectivity index (χ4n) is 5.44. The Balaban J connectivity index is 1.44. The minimum Gasteiger partial charge on any atom is -0.443 e. The number of fused-ring (bicyclic) bond motifs is 2. The van der Waals surface area contributed by atoms with Gasteiger partial charge in [-0.05, 0) is 112 Å². The van der Waals surface area contributed by atoms with Crippen LogP contribution in [0.15, 0.2) is 52.9 Å². The van der Waals surface area contributed by atoms with Crippen LogP contribution < -0.4 is 4.90 Å². The molecule has 0 N–H and O–H groups in total. The molecule has 0 bridgehead atoms. The van der Waals surface area contributed by atoms with Crippen molar-refractivity contribution in [3.05, 3.63) is 69.4 Å². The van der Waals surface area contributed by atoms with Gasteiger partial charge in [-0.1, -0.05) is 30.2 Å². The average molecular weight is 701 g/mol. The Morgan fingerprint density at radius 1 is 1.09 bits per heavy atom. The number of ether oxygens (including phenoxy) is 2. The van der Waals surface area contributed by atoms with Gasteiger partial charge < -0.3 is 14.0 Å². The van der Waals surface area contributed by atoms with Gasteiger partial charge in [0.1, 0.15) is 34.1 Å². The molecule has 2 amide bonds. The van der Waals surface area contributed by atoms with Crippen LogP contribution in [-0.4, -0.2) is 42.9 Å². The largest absolute Gasteiger partial charge is 0.443 e. The number of halogens is 3. The standard InChI is InChI=1S/C33H36BrClFN5O4/c1-18(20-8-9-21(15-20)40-11-10-22-27(35)37-17-38-28(22)40)12-19-13-25(36)23-16-24(34)29(39-26(23)14-19)41(30(42)44-32(2,3)4)31(43)45-33(5,6)7/h10-11,13-18,21H,8-9,12H2,1-7H3. The van der Waals surface area contributed by atoms with Crippen molar-refractivity contribution in [3.8, 4) is 0 Å². The number of hydrogen-bond acceptors (Lipinski definition) is 7. The van der Waals surface area contributed by atoms with Crippen molar-refractivity contribution in [1.82, 2.24) is 19.5 Å². The van der Waals surface area contributed by atoms with Crippen LogP contribution in [0.5, 0.6) is 0 Å². The molecule has 2 unspecified atom stereocenters. The van der Waals surface area contributed by atoms with Crippen molar-refractivity contribution in [3.63, 3.8) is 0 Å². The molecule has 238 valence electrons. The summed E-state index contributed by atoms with van der Waals surface area (Å²) < 4.78 is 28.8. The molecule has 0 fully saturated rings. The first-order chi connectivity index (χ1) is 21.0. The Kier molecular flexibility index (Phi) is 8.98. The SMILES string of the molecule is CC(Cc1cc(F)c2cc(Br)c(N(C(=O)OC(C)(C)C)C(=O)OC(C)(C)C)nc2c1)C1=CC(n2ccc3c(Cl)ncnc32)CC1. The highest BCUT2D eigenvalue weighted by Gasteiger charge is 2.35. The molecule has 3 heterocycles. The van der Waals surface area contributed by atoms with E-state index < -0.39 is 29.2 Å². The molecule has 45 heavy (non-hydrogen) atoms. The van der Waals surface area contributed by atoms with E-state index in [0.717, 1.165) is 34.3 Å². The lowest BCUT2D eigenvalue weighted by Gasteiger charge is -2.28. The normalized spacial score (nSPS) is 16.1. The van der Waals surface area contributed by atoms with Gasteiger partial charge in [-0.3, -0.25) is 0 Å². The third-order valence-corrected chi connectivity index (χ3v) is 8.26. The van der Waals surface area contributed by atoms with E-state index >= 15 is 4.39 Å². The number of carbonyl (C=O) groups excluding carboxylic acids is 2. The predicted molar refractivity (Wildman–Crippen MR) is 176 cm³/mol. The van der Waals surface area contributed by atoms with Gasteiger partial charge in [-0.2, -0.15) is 4.90 Å². The van der Waals surface area contributed by atoms with Gasteiger partial charge in [0.2, 0.25) is 0 Å². The van der Waals surface area contributed by atoms with Crippen molar-refractivity contribution in [2.24, 2.45) is 5.92 Å². The quantitative estimate of drug-likeness (QED) is 0.151. The maximum Gasteiger partial charge on any atom is 0.425 e. The summed E-state index contributed by atoms with van der Waals surface area (Å²) in [5, 5.41) is 1.49. The Hall–Kier alpha value is -3.57. The number of amides is 2. The van der Waals surface area contributed by atoms with Crippen LogP contribution in [0, 0.1) is 11.7 Å². The maximum absolute atomic E-state index is 15.5. The fraction of sp³-hybridized carbons (Fsp3) is 0.424. The molecule has 1 aromatic carbocycles. The van der Waals surface area contributed by atoms with Crippen LogP contribution in [0.2, 0.25) is 5.15 Å². The van der Waals surface area contributed by atoms with Gasteiger partial charge in [0, 0.05) is 11.6 Å². The first-order valence-corrected chi connectivity index (χ1v) is 15.9. The van der Waals surface area contributed by atoms with Crippen molar-refractivity contribution in [2.75, 3.05) is 4.90 Å². The average Bonchev–Trinajstić information content (AvgIpc) is 3.56. The molecule has 1 aliphatic carbocycles. The molecular weight excluding hydrogens is 665 g/mol. The molecular formula is C33H36BrClFN5O4.